The Morgan fingerprint density at radius 2 is 1.64 bits per heavy atom. The van der Waals surface area contributed by atoms with Crippen molar-refractivity contribution < 1.29 is 0 Å². The van der Waals surface area contributed by atoms with Crippen LogP contribution < -0.4 is 11.2 Å². The van der Waals surface area contributed by atoms with E-state index in [1.54, 1.807) is 0 Å². The van der Waals surface area contributed by atoms with Gasteiger partial charge < -0.3 is 4.98 Å². The normalized spacial score (nSPS) is 10.7. The summed E-state index contributed by atoms with van der Waals surface area (Å²) in [6.07, 6.45) is 0. The number of hydrogen-bond donors (Lipinski definition) is 2. The molecule has 72 valence electrons. The van der Waals surface area contributed by atoms with Gasteiger partial charge in [0.25, 0.3) is 5.56 Å². The van der Waals surface area contributed by atoms with E-state index in [1.165, 1.54) is 0 Å². The van der Waals surface area contributed by atoms with Crippen LogP contribution in [0.25, 0.3) is 10.9 Å². The molecule has 1 aromatic heterocycles. The summed E-state index contributed by atoms with van der Waals surface area (Å²) in [7, 11) is 0. The number of hydrogen-bond acceptors (Lipinski definition) is 2. The van der Waals surface area contributed by atoms with Crippen molar-refractivity contribution in [2.24, 2.45) is 0 Å². The minimum absolute atomic E-state index is 0.329. The van der Waals surface area contributed by atoms with Crippen LogP contribution in [0.15, 0.2) is 21.7 Å². The third kappa shape index (κ3) is 1.16. The Bertz CT molecular complexity index is 608. The molecule has 0 atom stereocenters. The first-order valence-corrected chi connectivity index (χ1v) is 4.32. The maximum atomic E-state index is 11.5. The van der Waals surface area contributed by atoms with Crippen LogP contribution in [0.2, 0.25) is 0 Å². The van der Waals surface area contributed by atoms with Crippen molar-refractivity contribution in [3.05, 3.63) is 44.1 Å². The lowest BCUT2D eigenvalue weighted by molar-refractivity contribution is 1.07. The molecule has 14 heavy (non-hydrogen) atoms. The lowest BCUT2D eigenvalue weighted by Gasteiger charge is -2.02. The minimum Gasteiger partial charge on any atom is -0.307 e. The molecule has 2 rings (SSSR count). The fourth-order valence-corrected chi connectivity index (χ4v) is 1.58. The van der Waals surface area contributed by atoms with Crippen LogP contribution in [0, 0.1) is 13.8 Å². The molecule has 4 heteroatoms. The predicted molar refractivity (Wildman–Crippen MR) is 54.7 cm³/mol. The second-order valence-electron chi connectivity index (χ2n) is 3.36. The molecule has 0 radical (unpaired) electrons. The number of aromatic nitrogens is 2. The standard InChI is InChI=1S/C10H10N2O2/c1-5-3-4-6(2)8-7(5)9(13)12-10(14)11-8/h3-4H,1-2H3,(H2,11,12,13,14). The summed E-state index contributed by atoms with van der Waals surface area (Å²) in [4.78, 5) is 27.4. The second-order valence-corrected chi connectivity index (χ2v) is 3.36. The van der Waals surface area contributed by atoms with Gasteiger partial charge in [-0.15, -0.1) is 0 Å². The summed E-state index contributed by atoms with van der Waals surface area (Å²) in [6.45, 7) is 3.70. The summed E-state index contributed by atoms with van der Waals surface area (Å²) < 4.78 is 0. The highest BCUT2D eigenvalue weighted by Gasteiger charge is 2.05. The van der Waals surface area contributed by atoms with Crippen LogP contribution in [-0.2, 0) is 0 Å². The molecular weight excluding hydrogens is 180 g/mol. The van der Waals surface area contributed by atoms with Gasteiger partial charge in [0, 0.05) is 0 Å². The molecule has 0 unspecified atom stereocenters. The molecule has 4 nitrogen and oxygen atoms in total. The lowest BCUT2D eigenvalue weighted by atomic mass is 10.1. The van der Waals surface area contributed by atoms with E-state index >= 15 is 0 Å². The van der Waals surface area contributed by atoms with E-state index in [0.29, 0.717) is 10.9 Å². The number of nitrogens with one attached hydrogen (secondary N) is 2. The van der Waals surface area contributed by atoms with Crippen LogP contribution in [0.4, 0.5) is 0 Å². The van der Waals surface area contributed by atoms with Crippen LogP contribution in [-0.4, -0.2) is 9.97 Å². The molecule has 0 aliphatic carbocycles. The van der Waals surface area contributed by atoms with Crippen molar-refractivity contribution in [3.63, 3.8) is 0 Å². The SMILES string of the molecule is Cc1ccc(C)c2c(=O)[nH]c(=O)[nH]c12. The first-order valence-electron chi connectivity index (χ1n) is 4.32. The zero-order valence-corrected chi connectivity index (χ0v) is 7.97. The van der Waals surface area contributed by atoms with Gasteiger partial charge >= 0.3 is 5.69 Å². The Balaban J connectivity index is 3.16. The van der Waals surface area contributed by atoms with Crippen molar-refractivity contribution >= 4 is 10.9 Å². The maximum Gasteiger partial charge on any atom is 0.326 e. The molecule has 0 bridgehead atoms. The Hall–Kier alpha value is -1.84. The van der Waals surface area contributed by atoms with Crippen LogP contribution in [0.1, 0.15) is 11.1 Å². The minimum atomic E-state index is -0.462. The second kappa shape index (κ2) is 2.83. The number of aryl methyl sites for hydroxylation is 2. The monoisotopic (exact) mass is 190 g/mol. The topological polar surface area (TPSA) is 65.7 Å². The summed E-state index contributed by atoms with van der Waals surface area (Å²) in [5.74, 6) is 0. The van der Waals surface area contributed by atoms with E-state index in [1.807, 2.05) is 26.0 Å². The van der Waals surface area contributed by atoms with E-state index in [-0.39, 0.29) is 5.56 Å². The molecule has 0 spiro atoms. The number of rotatable bonds is 0. The van der Waals surface area contributed by atoms with Gasteiger partial charge in [0.15, 0.2) is 0 Å². The highest BCUT2D eigenvalue weighted by atomic mass is 16.2. The maximum absolute atomic E-state index is 11.5. The van der Waals surface area contributed by atoms with Gasteiger partial charge in [-0.1, -0.05) is 12.1 Å². The Morgan fingerprint density at radius 3 is 2.36 bits per heavy atom. The van der Waals surface area contributed by atoms with Gasteiger partial charge in [0.1, 0.15) is 0 Å². The van der Waals surface area contributed by atoms with Crippen molar-refractivity contribution in [2.45, 2.75) is 13.8 Å². The van der Waals surface area contributed by atoms with Crippen LogP contribution >= 0.6 is 0 Å². The highest BCUT2D eigenvalue weighted by molar-refractivity contribution is 5.83. The molecule has 0 amide bonds. The highest BCUT2D eigenvalue weighted by Crippen LogP contribution is 2.14. The molecule has 1 aromatic carbocycles. The zero-order valence-electron chi connectivity index (χ0n) is 7.97. The Morgan fingerprint density at radius 1 is 1.00 bits per heavy atom. The summed E-state index contributed by atoms with van der Waals surface area (Å²) in [6, 6.07) is 3.75. The van der Waals surface area contributed by atoms with Crippen LogP contribution in [0.5, 0.6) is 0 Å². The number of fused-ring (bicyclic) bond motifs is 1. The lowest BCUT2D eigenvalue weighted by Crippen LogP contribution is -2.22. The Kier molecular flexibility index (Phi) is 1.77. The third-order valence-corrected chi connectivity index (χ3v) is 2.31. The summed E-state index contributed by atoms with van der Waals surface area (Å²) in [5.41, 5.74) is 1.59. The summed E-state index contributed by atoms with van der Waals surface area (Å²) in [5, 5.41) is 0.560. The number of H-pyrrole nitrogens is 2. The molecule has 0 saturated heterocycles. The third-order valence-electron chi connectivity index (χ3n) is 2.31. The van der Waals surface area contributed by atoms with E-state index in [2.05, 4.69) is 9.97 Å². The fraction of sp³-hybridized carbons (Fsp3) is 0.200. The van der Waals surface area contributed by atoms with Gasteiger partial charge in [0.05, 0.1) is 10.9 Å². The van der Waals surface area contributed by atoms with E-state index in [0.717, 1.165) is 11.1 Å². The molecule has 2 aromatic rings. The van der Waals surface area contributed by atoms with Crippen molar-refractivity contribution in [1.82, 2.24) is 9.97 Å². The molecule has 1 heterocycles. The fourth-order valence-electron chi connectivity index (χ4n) is 1.58. The van der Waals surface area contributed by atoms with Gasteiger partial charge in [-0.05, 0) is 25.0 Å². The van der Waals surface area contributed by atoms with Crippen LogP contribution in [0.3, 0.4) is 0 Å². The van der Waals surface area contributed by atoms with E-state index in [4.69, 9.17) is 0 Å². The van der Waals surface area contributed by atoms with Gasteiger partial charge in [-0.25, -0.2) is 4.79 Å². The molecular formula is C10H10N2O2. The summed E-state index contributed by atoms with van der Waals surface area (Å²) >= 11 is 0. The van der Waals surface area contributed by atoms with E-state index in [9.17, 15) is 9.59 Å². The van der Waals surface area contributed by atoms with Crippen molar-refractivity contribution in [1.29, 1.82) is 0 Å². The first-order chi connectivity index (χ1) is 6.59. The molecule has 0 fully saturated rings. The zero-order chi connectivity index (χ0) is 10.3. The van der Waals surface area contributed by atoms with Crippen molar-refractivity contribution in [3.8, 4) is 0 Å². The molecule has 0 aliphatic rings. The first kappa shape index (κ1) is 8.74. The Labute approximate surface area is 79.6 Å². The molecule has 2 N–H and O–H groups in total. The molecule has 0 saturated carbocycles. The van der Waals surface area contributed by atoms with Crippen molar-refractivity contribution in [2.75, 3.05) is 0 Å². The van der Waals surface area contributed by atoms with Gasteiger partial charge in [-0.3, -0.25) is 9.78 Å². The average Bonchev–Trinajstić information content (AvgIpc) is 2.10. The number of benzene rings is 1. The smallest absolute Gasteiger partial charge is 0.307 e. The van der Waals surface area contributed by atoms with Gasteiger partial charge in [0.2, 0.25) is 0 Å². The quantitative estimate of drug-likeness (QED) is 0.646. The molecule has 0 aliphatic heterocycles. The number of aromatic amines is 2. The largest absolute Gasteiger partial charge is 0.326 e. The average molecular weight is 190 g/mol. The predicted octanol–water partition coefficient (Wildman–Crippen LogP) is 0.833. The van der Waals surface area contributed by atoms with E-state index < -0.39 is 5.69 Å². The van der Waals surface area contributed by atoms with Gasteiger partial charge in [-0.2, -0.15) is 0 Å².